The molecule has 1 saturated carbocycles. The van der Waals surface area contributed by atoms with Crippen molar-refractivity contribution in [2.75, 3.05) is 39.1 Å². The number of likely N-dealkylation sites (N-methyl/N-ethyl adjacent to an activating group) is 1. The van der Waals surface area contributed by atoms with E-state index >= 15 is 0 Å². The Balaban J connectivity index is 1.84. The predicted octanol–water partition coefficient (Wildman–Crippen LogP) is 2.92. The van der Waals surface area contributed by atoms with E-state index in [9.17, 15) is 14.7 Å². The first-order valence-electron chi connectivity index (χ1n) is 11.7. The van der Waals surface area contributed by atoms with E-state index in [2.05, 4.69) is 22.5 Å². The lowest BCUT2D eigenvalue weighted by molar-refractivity contribution is 0.0363. The number of aliphatic hydroxyl groups excluding tert-OH is 1. The van der Waals surface area contributed by atoms with Crippen LogP contribution in [0.2, 0.25) is 0 Å². The highest BCUT2D eigenvalue weighted by Gasteiger charge is 2.33. The van der Waals surface area contributed by atoms with Crippen LogP contribution in [0, 0.1) is 5.92 Å². The number of amides is 3. The van der Waals surface area contributed by atoms with Crippen molar-refractivity contribution in [1.29, 1.82) is 0 Å². The summed E-state index contributed by atoms with van der Waals surface area (Å²) in [5, 5.41) is 15.7. The number of urea groups is 1. The summed E-state index contributed by atoms with van der Waals surface area (Å²) in [6.07, 6.45) is 5.40. The minimum absolute atomic E-state index is 0.0857. The van der Waals surface area contributed by atoms with Gasteiger partial charge in [0.2, 0.25) is 0 Å². The number of rotatable bonds is 6. The van der Waals surface area contributed by atoms with Crippen molar-refractivity contribution in [3.05, 3.63) is 23.8 Å². The smallest absolute Gasteiger partial charge is 0.319 e. The second kappa shape index (κ2) is 11.0. The zero-order valence-corrected chi connectivity index (χ0v) is 19.8. The van der Waals surface area contributed by atoms with Crippen molar-refractivity contribution in [3.8, 4) is 5.75 Å². The minimum atomic E-state index is -0.317. The Morgan fingerprint density at radius 3 is 2.66 bits per heavy atom. The molecule has 0 saturated heterocycles. The quantitative estimate of drug-likeness (QED) is 0.625. The van der Waals surface area contributed by atoms with Crippen LogP contribution >= 0.6 is 0 Å². The van der Waals surface area contributed by atoms with Gasteiger partial charge in [-0.05, 0) is 52.1 Å². The first-order valence-corrected chi connectivity index (χ1v) is 11.7. The van der Waals surface area contributed by atoms with Gasteiger partial charge in [-0.3, -0.25) is 4.79 Å². The fourth-order valence-electron chi connectivity index (χ4n) is 4.48. The average Bonchev–Trinajstić information content (AvgIpc) is 2.76. The molecule has 0 bridgehead atoms. The molecule has 1 aromatic rings. The van der Waals surface area contributed by atoms with Crippen molar-refractivity contribution in [2.45, 2.75) is 64.1 Å². The highest BCUT2D eigenvalue weighted by atomic mass is 16.5. The molecule has 3 atom stereocenters. The molecular formula is C24H38N4O4. The summed E-state index contributed by atoms with van der Waals surface area (Å²) in [5.74, 6) is 0.386. The predicted molar refractivity (Wildman–Crippen MR) is 125 cm³/mol. The van der Waals surface area contributed by atoms with Crippen molar-refractivity contribution in [3.63, 3.8) is 0 Å². The number of ether oxygens (including phenoxy) is 1. The molecule has 8 nitrogen and oxygen atoms in total. The molecule has 1 aliphatic carbocycles. The Morgan fingerprint density at radius 1 is 1.28 bits per heavy atom. The Morgan fingerprint density at radius 2 is 2.00 bits per heavy atom. The number of hydrogen-bond donors (Lipinski definition) is 3. The Labute approximate surface area is 191 Å². The van der Waals surface area contributed by atoms with Crippen LogP contribution in [0.25, 0.3) is 0 Å². The van der Waals surface area contributed by atoms with E-state index in [0.717, 1.165) is 25.7 Å². The highest BCUT2D eigenvalue weighted by Crippen LogP contribution is 2.30. The molecule has 1 fully saturated rings. The molecule has 2 aliphatic rings. The van der Waals surface area contributed by atoms with Crippen LogP contribution in [0.5, 0.6) is 5.75 Å². The number of nitrogens with one attached hydrogen (secondary N) is 2. The molecule has 3 N–H and O–H groups in total. The molecule has 0 spiro atoms. The summed E-state index contributed by atoms with van der Waals surface area (Å²) < 4.78 is 6.29. The number of carbonyl (C=O) groups is 2. The van der Waals surface area contributed by atoms with Crippen LogP contribution in [0.1, 0.15) is 56.3 Å². The summed E-state index contributed by atoms with van der Waals surface area (Å²) in [7, 11) is 3.99. The maximum absolute atomic E-state index is 13.4. The first kappa shape index (κ1) is 24.3. The Kier molecular flexibility index (Phi) is 8.37. The second-order valence-corrected chi connectivity index (χ2v) is 9.53. The molecule has 178 valence electrons. The molecule has 3 amide bonds. The molecule has 3 rings (SSSR count). The molecule has 1 aromatic carbocycles. The number of hydrogen-bond acceptors (Lipinski definition) is 5. The van der Waals surface area contributed by atoms with Crippen molar-refractivity contribution >= 4 is 17.6 Å². The van der Waals surface area contributed by atoms with Gasteiger partial charge in [0.15, 0.2) is 0 Å². The lowest BCUT2D eigenvalue weighted by Crippen LogP contribution is -2.49. The van der Waals surface area contributed by atoms with Gasteiger partial charge in [-0.1, -0.05) is 26.2 Å². The summed E-state index contributed by atoms with van der Waals surface area (Å²) >= 11 is 0. The summed E-state index contributed by atoms with van der Waals surface area (Å²) in [4.78, 5) is 29.7. The van der Waals surface area contributed by atoms with E-state index in [1.54, 1.807) is 23.1 Å². The normalized spacial score (nSPS) is 23.1. The maximum Gasteiger partial charge on any atom is 0.319 e. The van der Waals surface area contributed by atoms with Gasteiger partial charge in [-0.2, -0.15) is 0 Å². The van der Waals surface area contributed by atoms with Crippen LogP contribution < -0.4 is 15.4 Å². The van der Waals surface area contributed by atoms with E-state index in [0.29, 0.717) is 30.1 Å². The monoisotopic (exact) mass is 446 g/mol. The number of nitrogens with zero attached hydrogens (tertiary/aromatic N) is 2. The third-order valence-electron chi connectivity index (χ3n) is 6.41. The van der Waals surface area contributed by atoms with E-state index in [-0.39, 0.29) is 42.7 Å². The fraction of sp³-hybridized carbons (Fsp3) is 0.667. The summed E-state index contributed by atoms with van der Waals surface area (Å²) in [6, 6.07) is 4.83. The molecule has 8 heteroatoms. The van der Waals surface area contributed by atoms with Gasteiger partial charge >= 0.3 is 6.03 Å². The standard InChI is InChI=1S/C24H38N4O4/c1-16-13-28(17(2)15-29)23(30)20-12-19(10-11-21(20)32-22(16)14-27(3)4)26-24(31)25-18-8-6-5-7-9-18/h10-12,16-18,22,29H,5-9,13-15H2,1-4H3,(H2,25,26,31)/t16-,17+,22+/m1/s1. The highest BCUT2D eigenvalue weighted by molar-refractivity contribution is 5.99. The maximum atomic E-state index is 13.4. The van der Waals surface area contributed by atoms with Gasteiger partial charge in [0.25, 0.3) is 5.91 Å². The van der Waals surface area contributed by atoms with Gasteiger partial charge in [0.1, 0.15) is 11.9 Å². The van der Waals surface area contributed by atoms with E-state index < -0.39 is 0 Å². The summed E-state index contributed by atoms with van der Waals surface area (Å²) in [6.45, 7) is 4.98. The van der Waals surface area contributed by atoms with E-state index in [4.69, 9.17) is 4.74 Å². The van der Waals surface area contributed by atoms with Crippen LogP contribution in [0.4, 0.5) is 10.5 Å². The zero-order chi connectivity index (χ0) is 23.3. The fourth-order valence-corrected chi connectivity index (χ4v) is 4.48. The third-order valence-corrected chi connectivity index (χ3v) is 6.41. The Hall–Kier alpha value is -2.32. The van der Waals surface area contributed by atoms with Gasteiger partial charge in [-0.15, -0.1) is 0 Å². The lowest BCUT2D eigenvalue weighted by atomic mass is 9.96. The topological polar surface area (TPSA) is 94.1 Å². The van der Waals surface area contributed by atoms with Crippen molar-refractivity contribution < 1.29 is 19.4 Å². The van der Waals surface area contributed by atoms with E-state index in [1.807, 2.05) is 21.0 Å². The number of carbonyl (C=O) groups excluding carboxylic acids is 2. The van der Waals surface area contributed by atoms with Crippen molar-refractivity contribution in [1.82, 2.24) is 15.1 Å². The van der Waals surface area contributed by atoms with Gasteiger partial charge < -0.3 is 30.3 Å². The van der Waals surface area contributed by atoms with Gasteiger partial charge in [0, 0.05) is 30.7 Å². The van der Waals surface area contributed by atoms with Crippen LogP contribution in [-0.4, -0.2) is 78.8 Å². The zero-order valence-electron chi connectivity index (χ0n) is 19.8. The molecule has 32 heavy (non-hydrogen) atoms. The Bertz CT molecular complexity index is 794. The molecular weight excluding hydrogens is 408 g/mol. The third kappa shape index (κ3) is 6.13. The second-order valence-electron chi connectivity index (χ2n) is 9.53. The lowest BCUT2D eigenvalue weighted by Gasteiger charge is -2.37. The van der Waals surface area contributed by atoms with Gasteiger partial charge in [-0.25, -0.2) is 4.79 Å². The molecule has 0 radical (unpaired) electrons. The number of benzene rings is 1. The molecule has 0 aromatic heterocycles. The van der Waals surface area contributed by atoms with E-state index in [1.165, 1.54) is 6.42 Å². The molecule has 1 aliphatic heterocycles. The number of fused-ring (bicyclic) bond motifs is 1. The summed E-state index contributed by atoms with van der Waals surface area (Å²) in [5.41, 5.74) is 0.944. The SMILES string of the molecule is C[C@@H]1CN([C@@H](C)CO)C(=O)c2cc(NC(=O)NC3CCCCC3)ccc2O[C@H]1CN(C)C. The van der Waals surface area contributed by atoms with Gasteiger partial charge in [0.05, 0.1) is 18.2 Å². The van der Waals surface area contributed by atoms with Crippen LogP contribution in [0.15, 0.2) is 18.2 Å². The first-order chi connectivity index (χ1) is 15.3. The average molecular weight is 447 g/mol. The largest absolute Gasteiger partial charge is 0.488 e. The molecule has 0 unspecified atom stereocenters. The van der Waals surface area contributed by atoms with Crippen LogP contribution in [0.3, 0.4) is 0 Å². The number of anilines is 1. The molecule has 1 heterocycles. The minimum Gasteiger partial charge on any atom is -0.488 e. The van der Waals surface area contributed by atoms with Crippen molar-refractivity contribution in [2.24, 2.45) is 5.92 Å². The van der Waals surface area contributed by atoms with Crippen LogP contribution in [-0.2, 0) is 0 Å². The number of aliphatic hydroxyl groups is 1.